The summed E-state index contributed by atoms with van der Waals surface area (Å²) in [4.78, 5) is 60.6. The summed E-state index contributed by atoms with van der Waals surface area (Å²) in [6.45, 7) is 8.22. The van der Waals surface area contributed by atoms with Crippen molar-refractivity contribution in [3.05, 3.63) is 0 Å². The molecule has 7 unspecified atom stereocenters. The highest BCUT2D eigenvalue weighted by Crippen LogP contribution is 2.09. The van der Waals surface area contributed by atoms with Crippen LogP contribution >= 0.6 is 0 Å². The van der Waals surface area contributed by atoms with Crippen LogP contribution in [-0.4, -0.2) is 70.1 Å². The van der Waals surface area contributed by atoms with Crippen LogP contribution in [0.4, 0.5) is 0 Å². The average Bonchev–Trinajstić information content (AvgIpc) is 2.72. The first kappa shape index (κ1) is 29.3. The molecule has 0 aliphatic heterocycles. The van der Waals surface area contributed by atoms with Crippen LogP contribution in [0.25, 0.3) is 0 Å². The minimum Gasteiger partial charge on any atom is -0.480 e. The van der Waals surface area contributed by atoms with Crippen LogP contribution in [0.15, 0.2) is 0 Å². The topological polar surface area (TPSA) is 214 Å². The van der Waals surface area contributed by atoms with E-state index in [0.29, 0.717) is 12.8 Å². The summed E-state index contributed by atoms with van der Waals surface area (Å²) >= 11 is 0. The molecule has 0 saturated heterocycles. The molecular formula is C20H37N5O7. The van der Waals surface area contributed by atoms with E-state index in [1.165, 1.54) is 6.92 Å². The van der Waals surface area contributed by atoms with Gasteiger partial charge in [-0.3, -0.25) is 19.2 Å². The Kier molecular flexibility index (Phi) is 12.5. The first-order valence-corrected chi connectivity index (χ1v) is 10.6. The summed E-state index contributed by atoms with van der Waals surface area (Å²) in [6, 6.07) is -5.15. The summed E-state index contributed by atoms with van der Waals surface area (Å²) in [6.07, 6.45) is -0.900. The first-order chi connectivity index (χ1) is 14.8. The monoisotopic (exact) mass is 459 g/mol. The maximum atomic E-state index is 12.7. The molecule has 0 heterocycles. The van der Waals surface area contributed by atoms with E-state index < -0.39 is 72.2 Å². The van der Waals surface area contributed by atoms with E-state index in [4.69, 9.17) is 11.5 Å². The lowest BCUT2D eigenvalue weighted by molar-refractivity contribution is -0.144. The Hall–Kier alpha value is -2.73. The maximum absolute atomic E-state index is 12.7. The number of carbonyl (C=O) groups excluding carboxylic acids is 4. The van der Waals surface area contributed by atoms with Crippen molar-refractivity contribution in [3.63, 3.8) is 0 Å². The SMILES string of the molecule is CCC(C)C(N)C(=O)NC(C(=O)NC(CC(N)=O)C(=O)NC(C(=O)O)C(C)CC)C(C)O. The molecule has 32 heavy (non-hydrogen) atoms. The van der Waals surface area contributed by atoms with Crippen molar-refractivity contribution in [2.75, 3.05) is 0 Å². The molecule has 12 nitrogen and oxygen atoms in total. The average molecular weight is 460 g/mol. The van der Waals surface area contributed by atoms with Gasteiger partial charge in [-0.1, -0.05) is 40.5 Å². The van der Waals surface area contributed by atoms with Gasteiger partial charge in [-0.25, -0.2) is 4.79 Å². The van der Waals surface area contributed by atoms with Gasteiger partial charge in [0.25, 0.3) is 0 Å². The molecule has 0 fully saturated rings. The number of aliphatic hydroxyl groups is 1. The quantitative estimate of drug-likeness (QED) is 0.157. The van der Waals surface area contributed by atoms with Crippen LogP contribution in [0.5, 0.6) is 0 Å². The number of aliphatic carboxylic acids is 1. The standard InChI is InChI=1S/C20H37N5O7/c1-6-9(3)14(22)18(29)25-16(11(5)26)19(30)23-12(8-13(21)27)17(28)24-15(20(31)32)10(4)7-2/h9-12,14-16,26H,6-8,22H2,1-5H3,(H2,21,27)(H,23,30)(H,24,28)(H,25,29)(H,31,32). The zero-order valence-electron chi connectivity index (χ0n) is 19.3. The van der Waals surface area contributed by atoms with E-state index in [9.17, 15) is 34.2 Å². The van der Waals surface area contributed by atoms with E-state index in [2.05, 4.69) is 16.0 Å². The second-order valence-corrected chi connectivity index (χ2v) is 8.08. The zero-order valence-corrected chi connectivity index (χ0v) is 19.3. The Bertz CT molecular complexity index is 685. The second-order valence-electron chi connectivity index (χ2n) is 8.08. The number of aliphatic hydroxyl groups excluding tert-OH is 1. The molecule has 0 radical (unpaired) electrons. The minimum absolute atomic E-state index is 0.186. The second kappa shape index (κ2) is 13.6. The Balaban J connectivity index is 5.54. The first-order valence-electron chi connectivity index (χ1n) is 10.6. The van der Waals surface area contributed by atoms with Crippen molar-refractivity contribution in [2.24, 2.45) is 23.3 Å². The summed E-state index contributed by atoms with van der Waals surface area (Å²) < 4.78 is 0. The number of hydrogen-bond acceptors (Lipinski definition) is 7. The van der Waals surface area contributed by atoms with Gasteiger partial charge in [-0.2, -0.15) is 0 Å². The Morgan fingerprint density at radius 3 is 1.72 bits per heavy atom. The van der Waals surface area contributed by atoms with Crippen molar-refractivity contribution in [3.8, 4) is 0 Å². The third-order valence-electron chi connectivity index (χ3n) is 5.44. The van der Waals surface area contributed by atoms with Gasteiger partial charge in [-0.05, 0) is 18.8 Å². The van der Waals surface area contributed by atoms with E-state index in [1.807, 2.05) is 6.92 Å². The molecule has 0 aromatic heterocycles. The highest BCUT2D eigenvalue weighted by atomic mass is 16.4. The highest BCUT2D eigenvalue weighted by molar-refractivity contribution is 5.96. The van der Waals surface area contributed by atoms with Crippen molar-refractivity contribution >= 4 is 29.6 Å². The van der Waals surface area contributed by atoms with E-state index in [-0.39, 0.29) is 5.92 Å². The Morgan fingerprint density at radius 1 is 0.812 bits per heavy atom. The number of nitrogens with two attached hydrogens (primary N) is 2. The van der Waals surface area contributed by atoms with Gasteiger partial charge in [-0.15, -0.1) is 0 Å². The predicted octanol–water partition coefficient (Wildman–Crippen LogP) is -1.80. The molecule has 0 aromatic carbocycles. The number of amides is 4. The molecule has 7 atom stereocenters. The van der Waals surface area contributed by atoms with Crippen molar-refractivity contribution in [1.82, 2.24) is 16.0 Å². The lowest BCUT2D eigenvalue weighted by Gasteiger charge is -2.27. The summed E-state index contributed by atoms with van der Waals surface area (Å²) in [5.41, 5.74) is 11.0. The molecule has 9 N–H and O–H groups in total. The fourth-order valence-electron chi connectivity index (χ4n) is 2.78. The molecule has 0 aliphatic carbocycles. The van der Waals surface area contributed by atoms with Crippen LogP contribution < -0.4 is 27.4 Å². The largest absolute Gasteiger partial charge is 0.480 e. The number of hydrogen-bond donors (Lipinski definition) is 7. The molecule has 0 bridgehead atoms. The Morgan fingerprint density at radius 2 is 1.31 bits per heavy atom. The smallest absolute Gasteiger partial charge is 0.326 e. The fraction of sp³-hybridized carbons (Fsp3) is 0.750. The molecule has 4 amide bonds. The van der Waals surface area contributed by atoms with E-state index >= 15 is 0 Å². The van der Waals surface area contributed by atoms with Crippen LogP contribution in [0, 0.1) is 11.8 Å². The molecule has 0 aliphatic rings. The van der Waals surface area contributed by atoms with Gasteiger partial charge < -0.3 is 37.6 Å². The number of primary amides is 1. The fourth-order valence-corrected chi connectivity index (χ4v) is 2.78. The van der Waals surface area contributed by atoms with Crippen molar-refractivity contribution in [1.29, 1.82) is 0 Å². The van der Waals surface area contributed by atoms with Gasteiger partial charge in [0.05, 0.1) is 18.6 Å². The Labute approximate surface area is 187 Å². The third kappa shape index (κ3) is 9.18. The zero-order chi connectivity index (χ0) is 25.2. The molecule has 12 heteroatoms. The molecule has 0 spiro atoms. The normalized spacial score (nSPS) is 17.6. The van der Waals surface area contributed by atoms with Gasteiger partial charge >= 0.3 is 5.97 Å². The number of rotatable bonds is 14. The van der Waals surface area contributed by atoms with Gasteiger partial charge in [0.1, 0.15) is 18.1 Å². The highest BCUT2D eigenvalue weighted by Gasteiger charge is 2.34. The number of nitrogens with one attached hydrogen (secondary N) is 3. The van der Waals surface area contributed by atoms with Crippen molar-refractivity contribution < 1.29 is 34.2 Å². The molecule has 184 valence electrons. The predicted molar refractivity (Wildman–Crippen MR) is 116 cm³/mol. The minimum atomic E-state index is -1.51. The lowest BCUT2D eigenvalue weighted by Crippen LogP contribution is -2.61. The number of carboxylic acid groups (broad SMARTS) is 1. The summed E-state index contributed by atoms with van der Waals surface area (Å²) in [5.74, 6) is -5.36. The summed E-state index contributed by atoms with van der Waals surface area (Å²) in [7, 11) is 0. The molecular weight excluding hydrogens is 422 g/mol. The van der Waals surface area contributed by atoms with Crippen LogP contribution in [0.2, 0.25) is 0 Å². The van der Waals surface area contributed by atoms with Gasteiger partial charge in [0.2, 0.25) is 23.6 Å². The van der Waals surface area contributed by atoms with E-state index in [0.717, 1.165) is 0 Å². The van der Waals surface area contributed by atoms with E-state index in [1.54, 1.807) is 20.8 Å². The number of carbonyl (C=O) groups is 5. The van der Waals surface area contributed by atoms with Crippen molar-refractivity contribution in [2.45, 2.75) is 84.2 Å². The molecule has 0 aromatic rings. The van der Waals surface area contributed by atoms with Crippen LogP contribution in [0.3, 0.4) is 0 Å². The van der Waals surface area contributed by atoms with Gasteiger partial charge in [0, 0.05) is 0 Å². The van der Waals surface area contributed by atoms with Crippen LogP contribution in [-0.2, 0) is 24.0 Å². The third-order valence-corrected chi connectivity index (χ3v) is 5.44. The maximum Gasteiger partial charge on any atom is 0.326 e. The van der Waals surface area contributed by atoms with Gasteiger partial charge in [0.15, 0.2) is 0 Å². The number of carboxylic acids is 1. The molecule has 0 saturated carbocycles. The summed E-state index contributed by atoms with van der Waals surface area (Å²) in [5, 5.41) is 26.2. The lowest BCUT2D eigenvalue weighted by atomic mass is 9.98. The van der Waals surface area contributed by atoms with Crippen LogP contribution in [0.1, 0.15) is 53.9 Å². The molecule has 0 rings (SSSR count).